The van der Waals surface area contributed by atoms with Gasteiger partial charge in [-0.1, -0.05) is 24.3 Å². The van der Waals surface area contributed by atoms with Crippen LogP contribution in [-0.2, 0) is 14.3 Å². The molecule has 17 heteroatoms. The van der Waals surface area contributed by atoms with E-state index in [0.29, 0.717) is 67.6 Å². The van der Waals surface area contributed by atoms with Gasteiger partial charge < -0.3 is 39.8 Å². The maximum atomic E-state index is 13.5. The van der Waals surface area contributed by atoms with Crippen LogP contribution in [0.1, 0.15) is 35.1 Å². The molecule has 1 unspecified atom stereocenters. The lowest BCUT2D eigenvalue weighted by atomic mass is 10.0. The first-order valence-corrected chi connectivity index (χ1v) is 16.4. The van der Waals surface area contributed by atoms with Gasteiger partial charge in [0.15, 0.2) is 0 Å². The Morgan fingerprint density at radius 3 is 2.38 bits per heavy atom. The summed E-state index contributed by atoms with van der Waals surface area (Å²) >= 11 is 0. The van der Waals surface area contributed by atoms with E-state index in [0.717, 1.165) is 18.9 Å². The Hall–Kier alpha value is -6.13. The van der Waals surface area contributed by atoms with Crippen molar-refractivity contribution in [2.75, 3.05) is 56.6 Å². The van der Waals surface area contributed by atoms with Gasteiger partial charge in [0.25, 0.3) is 5.91 Å². The van der Waals surface area contributed by atoms with Crippen LogP contribution >= 0.6 is 0 Å². The lowest BCUT2D eigenvalue weighted by molar-refractivity contribution is -0.274. The largest absolute Gasteiger partial charge is 0.573 e. The van der Waals surface area contributed by atoms with Gasteiger partial charge in [-0.2, -0.15) is 0 Å². The van der Waals surface area contributed by atoms with Crippen LogP contribution in [-0.4, -0.2) is 102 Å². The van der Waals surface area contributed by atoms with E-state index in [1.165, 1.54) is 25.4 Å². The third-order valence-corrected chi connectivity index (χ3v) is 8.82. The number of aromatic amines is 1. The maximum absolute atomic E-state index is 13.5. The van der Waals surface area contributed by atoms with Crippen LogP contribution in [0, 0.1) is 0 Å². The zero-order chi connectivity index (χ0) is 36.8. The number of alkyl halides is 3. The lowest BCUT2D eigenvalue weighted by Crippen LogP contribution is -2.46. The van der Waals surface area contributed by atoms with Crippen molar-refractivity contribution < 1.29 is 41.8 Å². The second-order valence-electron chi connectivity index (χ2n) is 12.1. The predicted molar refractivity (Wildman–Crippen MR) is 182 cm³/mol. The molecule has 2 aliphatic heterocycles. The van der Waals surface area contributed by atoms with Gasteiger partial charge in [0, 0.05) is 56.2 Å². The highest BCUT2D eigenvalue weighted by molar-refractivity contribution is 6.04. The van der Waals surface area contributed by atoms with Gasteiger partial charge in [-0.15, -0.1) is 13.2 Å². The number of halogens is 3. The number of methoxy groups -OCH3 is 1. The number of hydrogen-bond acceptors (Lipinski definition) is 9. The average molecular weight is 721 g/mol. The topological polar surface area (TPSA) is 162 Å². The number of likely N-dealkylation sites (tertiary alicyclic amines) is 1. The number of H-pyrrole nitrogens is 1. The van der Waals surface area contributed by atoms with Crippen LogP contribution < -0.4 is 20.3 Å². The Bertz CT molecular complexity index is 1910. The third-order valence-electron chi connectivity index (χ3n) is 8.82. The molecule has 3 N–H and O–H groups in total. The zero-order valence-corrected chi connectivity index (χ0v) is 28.0. The summed E-state index contributed by atoms with van der Waals surface area (Å²) in [5, 5.41) is 5.01. The van der Waals surface area contributed by atoms with Crippen LogP contribution in [0.25, 0.3) is 22.4 Å². The molecule has 0 spiro atoms. The SMILES string of the molecule is COC(=O)NCC(=O)N1CCCC1c1ncc(-c2ccc(-c3ccc(NC(=O)c4ccc(N5CCN(C=O)CC5)nc4)cc3OC(F)(F)F)cc2)[nH]1. The van der Waals surface area contributed by atoms with Crippen molar-refractivity contribution in [3.05, 3.63) is 78.4 Å². The summed E-state index contributed by atoms with van der Waals surface area (Å²) in [6.45, 7) is 2.62. The number of ether oxygens (including phenoxy) is 2. The highest BCUT2D eigenvalue weighted by Gasteiger charge is 2.33. The first-order chi connectivity index (χ1) is 25.0. The fourth-order valence-corrected chi connectivity index (χ4v) is 6.17. The molecule has 4 aromatic rings. The number of benzene rings is 2. The molecule has 0 radical (unpaired) electrons. The van der Waals surface area contributed by atoms with Gasteiger partial charge in [-0.05, 0) is 48.2 Å². The van der Waals surface area contributed by atoms with Gasteiger partial charge in [0.2, 0.25) is 12.3 Å². The summed E-state index contributed by atoms with van der Waals surface area (Å²) in [5.41, 5.74) is 2.22. The molecular weight excluding hydrogens is 685 g/mol. The number of carbonyl (C=O) groups excluding carboxylic acids is 4. The third kappa shape index (κ3) is 8.42. The van der Waals surface area contributed by atoms with Crippen LogP contribution in [0.4, 0.5) is 29.5 Å². The van der Waals surface area contributed by atoms with Crippen LogP contribution in [0.3, 0.4) is 0 Å². The number of nitrogens with one attached hydrogen (secondary N) is 3. The van der Waals surface area contributed by atoms with Gasteiger partial charge in [-0.25, -0.2) is 14.8 Å². The van der Waals surface area contributed by atoms with Crippen molar-refractivity contribution in [3.63, 3.8) is 0 Å². The lowest BCUT2D eigenvalue weighted by Gasteiger charge is -2.33. The fraction of sp³-hybridized carbons (Fsp3) is 0.314. The minimum absolute atomic E-state index is 0.0872. The van der Waals surface area contributed by atoms with Crippen molar-refractivity contribution >= 4 is 35.8 Å². The molecule has 2 fully saturated rings. The van der Waals surface area contributed by atoms with E-state index in [2.05, 4.69) is 35.1 Å². The number of amides is 4. The molecule has 1 atom stereocenters. The van der Waals surface area contributed by atoms with E-state index in [1.54, 1.807) is 52.4 Å². The average Bonchev–Trinajstić information content (AvgIpc) is 3.84. The normalized spacial score (nSPS) is 16.0. The fourth-order valence-electron chi connectivity index (χ4n) is 6.17. The molecule has 0 bridgehead atoms. The Morgan fingerprint density at radius 2 is 1.71 bits per heavy atom. The standard InChI is InChI=1S/C35H35F3N8O6/c1-51-34(50)41-20-31(48)46-12-2-3-28(46)32-40-19-27(43-32)23-6-4-22(5-7-23)26-10-9-25(17-29(26)52-35(36,37)38)42-33(49)24-8-11-30(39-18-24)45-15-13-44(21-47)14-16-45/h4-11,17-19,21,28H,2-3,12-16,20H2,1H3,(H,40,43)(H,41,50)(H,42,49). The second kappa shape index (κ2) is 15.4. The smallest absolute Gasteiger partial charge is 0.453 e. The van der Waals surface area contributed by atoms with Crippen molar-refractivity contribution in [1.82, 2.24) is 30.1 Å². The molecule has 14 nitrogen and oxygen atoms in total. The van der Waals surface area contributed by atoms with E-state index in [-0.39, 0.29) is 35.3 Å². The number of rotatable bonds is 10. The van der Waals surface area contributed by atoms with Gasteiger partial charge in [-0.3, -0.25) is 14.4 Å². The van der Waals surface area contributed by atoms with Crippen LogP contribution in [0.15, 0.2) is 67.0 Å². The summed E-state index contributed by atoms with van der Waals surface area (Å²) in [4.78, 5) is 65.5. The first kappa shape index (κ1) is 35.7. The number of hydrogen-bond donors (Lipinski definition) is 3. The molecule has 4 amide bonds. The molecule has 2 saturated heterocycles. The minimum Gasteiger partial charge on any atom is -0.453 e. The molecular formula is C35H35F3N8O6. The van der Waals surface area contributed by atoms with E-state index >= 15 is 0 Å². The molecule has 0 saturated carbocycles. The first-order valence-electron chi connectivity index (χ1n) is 16.4. The van der Waals surface area contributed by atoms with Crippen molar-refractivity contribution in [3.8, 4) is 28.1 Å². The molecule has 2 aliphatic rings. The summed E-state index contributed by atoms with van der Waals surface area (Å²) in [7, 11) is 1.21. The molecule has 52 heavy (non-hydrogen) atoms. The van der Waals surface area contributed by atoms with Crippen LogP contribution in [0.5, 0.6) is 5.75 Å². The Kier molecular flexibility index (Phi) is 10.6. The van der Waals surface area contributed by atoms with Crippen LogP contribution in [0.2, 0.25) is 0 Å². The number of piperazine rings is 1. The minimum atomic E-state index is -4.99. The quantitative estimate of drug-likeness (QED) is 0.199. The molecule has 4 heterocycles. The summed E-state index contributed by atoms with van der Waals surface area (Å²) in [5.74, 6) is -0.127. The zero-order valence-electron chi connectivity index (χ0n) is 28.0. The van der Waals surface area contributed by atoms with E-state index in [4.69, 9.17) is 0 Å². The number of aromatic nitrogens is 3. The highest BCUT2D eigenvalue weighted by atomic mass is 19.4. The monoisotopic (exact) mass is 720 g/mol. The number of pyridine rings is 1. The maximum Gasteiger partial charge on any atom is 0.573 e. The molecule has 6 rings (SSSR count). The van der Waals surface area contributed by atoms with Gasteiger partial charge in [0.1, 0.15) is 23.9 Å². The van der Waals surface area contributed by atoms with E-state index < -0.39 is 24.1 Å². The molecule has 2 aromatic heterocycles. The Balaban J connectivity index is 1.14. The molecule has 2 aromatic carbocycles. The van der Waals surface area contributed by atoms with Gasteiger partial charge >= 0.3 is 12.5 Å². The summed E-state index contributed by atoms with van der Waals surface area (Å²) < 4.78 is 49.5. The van der Waals surface area contributed by atoms with E-state index in [1.807, 2.05) is 4.90 Å². The summed E-state index contributed by atoms with van der Waals surface area (Å²) in [6.07, 6.45) is -0.447. The highest BCUT2D eigenvalue weighted by Crippen LogP contribution is 2.37. The number of imidazole rings is 1. The van der Waals surface area contributed by atoms with Crippen molar-refractivity contribution in [2.45, 2.75) is 25.2 Å². The van der Waals surface area contributed by atoms with Gasteiger partial charge in [0.05, 0.1) is 30.6 Å². The number of alkyl carbamates (subject to hydrolysis) is 1. The molecule has 0 aliphatic carbocycles. The number of nitrogens with zero attached hydrogens (tertiary/aromatic N) is 5. The Morgan fingerprint density at radius 1 is 0.962 bits per heavy atom. The van der Waals surface area contributed by atoms with Crippen molar-refractivity contribution in [2.24, 2.45) is 0 Å². The second-order valence-corrected chi connectivity index (χ2v) is 12.1. The van der Waals surface area contributed by atoms with Crippen molar-refractivity contribution in [1.29, 1.82) is 0 Å². The summed E-state index contributed by atoms with van der Waals surface area (Å²) in [6, 6.07) is 13.7. The Labute approximate surface area is 295 Å². The number of carbonyl (C=O) groups is 4. The predicted octanol–water partition coefficient (Wildman–Crippen LogP) is 4.59. The molecule has 272 valence electrons. The number of anilines is 2. The van der Waals surface area contributed by atoms with E-state index in [9.17, 15) is 32.3 Å².